The molecule has 1 aromatic heterocycles. The molecule has 0 unspecified atom stereocenters. The van der Waals surface area contributed by atoms with Gasteiger partial charge in [-0.2, -0.15) is 0 Å². The van der Waals surface area contributed by atoms with Crippen LogP contribution < -0.4 is 0 Å². The Bertz CT molecular complexity index is 2830. The third-order valence-electron chi connectivity index (χ3n) is 10.1. The minimum absolute atomic E-state index is 1.18. The maximum absolute atomic E-state index is 4.29. The van der Waals surface area contributed by atoms with Crippen LogP contribution >= 0.6 is 0 Å². The lowest BCUT2D eigenvalue weighted by molar-refractivity contribution is 1.33. The predicted octanol–water partition coefficient (Wildman–Crippen LogP) is 13.0. The Morgan fingerprint density at radius 3 is 1.48 bits per heavy atom. The largest absolute Gasteiger partial charge is 0.265 e. The van der Waals surface area contributed by atoms with Crippen LogP contribution in [0.15, 0.2) is 176 Å². The lowest BCUT2D eigenvalue weighted by Gasteiger charge is -2.18. The van der Waals surface area contributed by atoms with Gasteiger partial charge < -0.3 is 0 Å². The summed E-state index contributed by atoms with van der Waals surface area (Å²) >= 11 is 0. The van der Waals surface area contributed by atoms with Gasteiger partial charge in [0.25, 0.3) is 0 Å². The predicted molar refractivity (Wildman–Crippen MR) is 206 cm³/mol. The molecule has 0 N–H and O–H groups in total. The molecule has 0 amide bonds. The summed E-state index contributed by atoms with van der Waals surface area (Å²) in [6, 6.07) is 60.3. The Labute approximate surface area is 278 Å². The van der Waals surface area contributed by atoms with Crippen molar-refractivity contribution in [3.8, 4) is 33.4 Å². The minimum Gasteiger partial charge on any atom is -0.265 e. The number of hydrogen-bond acceptors (Lipinski definition) is 1. The van der Waals surface area contributed by atoms with Crippen molar-refractivity contribution in [1.82, 2.24) is 4.98 Å². The van der Waals surface area contributed by atoms with Crippen molar-refractivity contribution >= 4 is 64.6 Å². The van der Waals surface area contributed by atoms with E-state index in [-0.39, 0.29) is 0 Å². The molecule has 222 valence electrons. The average molecular weight is 608 g/mol. The van der Waals surface area contributed by atoms with E-state index in [4.69, 9.17) is 0 Å². The first-order valence-corrected chi connectivity index (χ1v) is 16.5. The van der Waals surface area contributed by atoms with Crippen LogP contribution in [0.4, 0.5) is 0 Å². The van der Waals surface area contributed by atoms with E-state index in [1.807, 2.05) is 12.4 Å². The fraction of sp³-hybridized carbons (Fsp3) is 0. The summed E-state index contributed by atoms with van der Waals surface area (Å²) in [5.74, 6) is 0. The molecule has 0 radical (unpaired) electrons. The highest BCUT2D eigenvalue weighted by atomic mass is 14.6. The monoisotopic (exact) mass is 607 g/mol. The van der Waals surface area contributed by atoms with Gasteiger partial charge in [-0.05, 0) is 134 Å². The first-order valence-electron chi connectivity index (χ1n) is 16.5. The van der Waals surface area contributed by atoms with Crippen molar-refractivity contribution in [1.29, 1.82) is 0 Å². The molecular formula is C47H29N. The van der Waals surface area contributed by atoms with Gasteiger partial charge in [0.15, 0.2) is 0 Å². The van der Waals surface area contributed by atoms with E-state index in [1.165, 1.54) is 98.0 Å². The Morgan fingerprint density at radius 2 is 0.792 bits per heavy atom. The third-order valence-corrected chi connectivity index (χ3v) is 10.1. The summed E-state index contributed by atoms with van der Waals surface area (Å²) in [4.78, 5) is 4.29. The van der Waals surface area contributed by atoms with Crippen molar-refractivity contribution in [3.63, 3.8) is 0 Å². The second-order valence-electron chi connectivity index (χ2n) is 12.7. The first-order chi connectivity index (χ1) is 23.8. The Kier molecular flexibility index (Phi) is 5.94. The number of pyridine rings is 1. The maximum Gasteiger partial charge on any atom is 0.0273 e. The number of fused-ring (bicyclic) bond motifs is 7. The number of nitrogens with zero attached hydrogens (tertiary/aromatic N) is 1. The SMILES string of the molecule is c1ccc2cc3c(ccc4c(-c5ccc6cc(-c7c8ccccc8c(-c8ccncc8)c8ccccc78)ccc6c5)cccc43)cc2c1. The van der Waals surface area contributed by atoms with Crippen molar-refractivity contribution in [3.05, 3.63) is 176 Å². The van der Waals surface area contributed by atoms with Crippen LogP contribution in [0.2, 0.25) is 0 Å². The topological polar surface area (TPSA) is 12.9 Å². The summed E-state index contributed by atoms with van der Waals surface area (Å²) in [6.07, 6.45) is 3.76. The van der Waals surface area contributed by atoms with Gasteiger partial charge in [0.1, 0.15) is 0 Å². The van der Waals surface area contributed by atoms with Gasteiger partial charge in [0.2, 0.25) is 0 Å². The van der Waals surface area contributed by atoms with E-state index in [9.17, 15) is 0 Å². The Balaban J connectivity index is 1.14. The molecule has 0 saturated carbocycles. The lowest BCUT2D eigenvalue weighted by atomic mass is 9.85. The fourth-order valence-electron chi connectivity index (χ4n) is 7.87. The number of hydrogen-bond donors (Lipinski definition) is 0. The molecule has 1 heteroatoms. The molecule has 1 nitrogen and oxygen atoms in total. The third kappa shape index (κ3) is 4.15. The van der Waals surface area contributed by atoms with Crippen LogP contribution in [0.1, 0.15) is 0 Å². The smallest absolute Gasteiger partial charge is 0.0273 e. The minimum atomic E-state index is 1.18. The second kappa shape index (κ2) is 10.6. The molecule has 0 bridgehead atoms. The molecular weight excluding hydrogens is 579 g/mol. The quantitative estimate of drug-likeness (QED) is 0.144. The molecule has 10 rings (SSSR count). The van der Waals surface area contributed by atoms with Crippen LogP contribution in [0.5, 0.6) is 0 Å². The van der Waals surface area contributed by atoms with Gasteiger partial charge in [-0.15, -0.1) is 0 Å². The molecule has 9 aromatic carbocycles. The lowest BCUT2D eigenvalue weighted by Crippen LogP contribution is -1.91. The molecule has 10 aromatic rings. The standard InChI is InChI=1S/C47H29N/c1-2-9-32-29-45-36(26-31(32)8-1)20-21-40-38(14-7-15-39(40)45)35-18-16-34-28-37(19-17-33(34)27-35)47-43-12-5-3-10-41(43)46(30-22-24-48-25-23-30)42-11-4-6-13-44(42)47/h1-29H. The van der Waals surface area contributed by atoms with Crippen LogP contribution in [-0.2, 0) is 0 Å². The van der Waals surface area contributed by atoms with Gasteiger partial charge in [0.05, 0.1) is 0 Å². The maximum atomic E-state index is 4.29. The van der Waals surface area contributed by atoms with Crippen molar-refractivity contribution in [2.24, 2.45) is 0 Å². The summed E-state index contributed by atoms with van der Waals surface area (Å²) < 4.78 is 0. The van der Waals surface area contributed by atoms with E-state index < -0.39 is 0 Å². The van der Waals surface area contributed by atoms with Gasteiger partial charge in [-0.25, -0.2) is 0 Å². The highest BCUT2D eigenvalue weighted by molar-refractivity contribution is 6.22. The first kappa shape index (κ1) is 26.9. The van der Waals surface area contributed by atoms with E-state index in [0.717, 1.165) is 0 Å². The van der Waals surface area contributed by atoms with Crippen molar-refractivity contribution in [2.45, 2.75) is 0 Å². The molecule has 0 aliphatic heterocycles. The van der Waals surface area contributed by atoms with E-state index in [0.29, 0.717) is 0 Å². The summed E-state index contributed by atoms with van der Waals surface area (Å²) in [5.41, 5.74) is 7.45. The zero-order valence-corrected chi connectivity index (χ0v) is 26.2. The van der Waals surface area contributed by atoms with Crippen molar-refractivity contribution in [2.75, 3.05) is 0 Å². The molecule has 0 saturated heterocycles. The molecule has 48 heavy (non-hydrogen) atoms. The molecule has 0 fully saturated rings. The zero-order chi connectivity index (χ0) is 31.6. The fourth-order valence-corrected chi connectivity index (χ4v) is 7.87. The molecule has 1 heterocycles. The highest BCUT2D eigenvalue weighted by Crippen LogP contribution is 2.44. The van der Waals surface area contributed by atoms with Gasteiger partial charge in [-0.3, -0.25) is 4.98 Å². The molecule has 0 atom stereocenters. The molecule has 0 aliphatic rings. The van der Waals surface area contributed by atoms with E-state index in [2.05, 4.69) is 169 Å². The summed E-state index contributed by atoms with van der Waals surface area (Å²) in [7, 11) is 0. The van der Waals surface area contributed by atoms with Gasteiger partial charge in [-0.1, -0.05) is 127 Å². The molecule has 0 aliphatic carbocycles. The van der Waals surface area contributed by atoms with Gasteiger partial charge in [0, 0.05) is 12.4 Å². The van der Waals surface area contributed by atoms with E-state index >= 15 is 0 Å². The summed E-state index contributed by atoms with van der Waals surface area (Å²) in [5, 5.41) is 15.2. The zero-order valence-electron chi connectivity index (χ0n) is 26.2. The highest BCUT2D eigenvalue weighted by Gasteiger charge is 2.17. The van der Waals surface area contributed by atoms with Gasteiger partial charge >= 0.3 is 0 Å². The van der Waals surface area contributed by atoms with Crippen LogP contribution in [0, 0.1) is 0 Å². The normalized spacial score (nSPS) is 11.8. The average Bonchev–Trinajstić information content (AvgIpc) is 3.15. The van der Waals surface area contributed by atoms with Crippen LogP contribution in [0.25, 0.3) is 98.0 Å². The Morgan fingerprint density at radius 1 is 0.271 bits per heavy atom. The van der Waals surface area contributed by atoms with Crippen LogP contribution in [0.3, 0.4) is 0 Å². The number of aromatic nitrogens is 1. The second-order valence-corrected chi connectivity index (χ2v) is 12.7. The van der Waals surface area contributed by atoms with E-state index in [1.54, 1.807) is 0 Å². The van der Waals surface area contributed by atoms with Crippen molar-refractivity contribution < 1.29 is 0 Å². The number of rotatable bonds is 3. The number of benzene rings is 9. The summed E-state index contributed by atoms with van der Waals surface area (Å²) in [6.45, 7) is 0. The van der Waals surface area contributed by atoms with Crippen LogP contribution in [-0.4, -0.2) is 4.98 Å². The molecule has 0 spiro atoms. The Hall–Kier alpha value is -6.31.